The van der Waals surface area contributed by atoms with E-state index in [9.17, 15) is 13.2 Å². The monoisotopic (exact) mass is 361 g/mol. The van der Waals surface area contributed by atoms with Crippen molar-refractivity contribution in [3.63, 3.8) is 0 Å². The minimum Gasteiger partial charge on any atom is -0.478 e. The van der Waals surface area contributed by atoms with Gasteiger partial charge in [0.2, 0.25) is 5.82 Å². The highest BCUT2D eigenvalue weighted by Crippen LogP contribution is 2.31. The number of benzene rings is 1. The van der Waals surface area contributed by atoms with Crippen LogP contribution >= 0.6 is 23.2 Å². The van der Waals surface area contributed by atoms with Crippen LogP contribution in [0.15, 0.2) is 29.3 Å². The van der Waals surface area contributed by atoms with Crippen LogP contribution in [0.25, 0.3) is 0 Å². The van der Waals surface area contributed by atoms with Crippen molar-refractivity contribution in [3.05, 3.63) is 40.1 Å². The molecule has 1 aromatic heterocycles. The number of hydrogen-bond donors (Lipinski definition) is 1. The zero-order valence-electron chi connectivity index (χ0n) is 11.1. The van der Waals surface area contributed by atoms with Gasteiger partial charge in [0.15, 0.2) is 6.29 Å². The molecule has 0 saturated heterocycles. The zero-order chi connectivity index (χ0) is 16.3. The highest BCUT2D eigenvalue weighted by molar-refractivity contribution is 7.92. The quantitative estimate of drug-likeness (QED) is 0.821. The van der Waals surface area contributed by atoms with Crippen molar-refractivity contribution in [2.45, 2.75) is 4.90 Å². The summed E-state index contributed by atoms with van der Waals surface area (Å²) < 4.78 is 31.8. The van der Waals surface area contributed by atoms with E-state index in [1.165, 1.54) is 25.3 Å². The van der Waals surface area contributed by atoms with Crippen molar-refractivity contribution >= 4 is 45.3 Å². The van der Waals surface area contributed by atoms with E-state index >= 15 is 0 Å². The van der Waals surface area contributed by atoms with Crippen molar-refractivity contribution in [2.75, 3.05) is 11.8 Å². The van der Waals surface area contributed by atoms with E-state index in [2.05, 4.69) is 14.7 Å². The van der Waals surface area contributed by atoms with Gasteiger partial charge in [-0.1, -0.05) is 29.3 Å². The first kappa shape index (κ1) is 16.5. The SMILES string of the molecule is COc1nc(C=O)cnc1NS(=O)(=O)c1cccc(Cl)c1Cl. The predicted octanol–water partition coefficient (Wildman–Crippen LogP) is 2.41. The summed E-state index contributed by atoms with van der Waals surface area (Å²) in [5.74, 6) is -0.324. The molecule has 0 atom stereocenters. The van der Waals surface area contributed by atoms with Crippen molar-refractivity contribution in [1.82, 2.24) is 9.97 Å². The highest BCUT2D eigenvalue weighted by Gasteiger charge is 2.22. The van der Waals surface area contributed by atoms with Gasteiger partial charge in [0.05, 0.1) is 23.4 Å². The molecule has 10 heteroatoms. The number of anilines is 1. The fourth-order valence-electron chi connectivity index (χ4n) is 1.53. The summed E-state index contributed by atoms with van der Waals surface area (Å²) in [5, 5.41) is -0.0213. The Morgan fingerprint density at radius 1 is 1.32 bits per heavy atom. The number of aldehydes is 1. The molecule has 0 aliphatic carbocycles. The fraction of sp³-hybridized carbons (Fsp3) is 0.0833. The van der Waals surface area contributed by atoms with Gasteiger partial charge in [-0.15, -0.1) is 0 Å². The van der Waals surface area contributed by atoms with E-state index in [4.69, 9.17) is 27.9 Å². The summed E-state index contributed by atoms with van der Waals surface area (Å²) in [6.07, 6.45) is 1.56. The first-order chi connectivity index (χ1) is 10.4. The van der Waals surface area contributed by atoms with E-state index in [1.807, 2.05) is 0 Å². The Balaban J connectivity index is 2.45. The summed E-state index contributed by atoms with van der Waals surface area (Å²) in [7, 11) is -2.79. The van der Waals surface area contributed by atoms with Crippen LogP contribution in [0, 0.1) is 0 Å². The second-order valence-corrected chi connectivity index (χ2v) is 6.36. The molecule has 1 heterocycles. The Morgan fingerprint density at radius 2 is 2.05 bits per heavy atom. The van der Waals surface area contributed by atoms with E-state index in [1.54, 1.807) is 0 Å². The molecule has 1 N–H and O–H groups in total. The second-order valence-electron chi connectivity index (χ2n) is 3.93. The summed E-state index contributed by atoms with van der Waals surface area (Å²) in [4.78, 5) is 18.0. The lowest BCUT2D eigenvalue weighted by Gasteiger charge is -2.11. The summed E-state index contributed by atoms with van der Waals surface area (Å²) in [5.41, 5.74) is 0.000543. The molecule has 2 rings (SSSR count). The number of ether oxygens (including phenoxy) is 1. The van der Waals surface area contributed by atoms with Gasteiger partial charge in [-0.2, -0.15) is 0 Å². The lowest BCUT2D eigenvalue weighted by molar-refractivity contribution is 0.111. The molecule has 0 unspecified atom stereocenters. The zero-order valence-corrected chi connectivity index (χ0v) is 13.4. The molecule has 116 valence electrons. The van der Waals surface area contributed by atoms with E-state index in [-0.39, 0.29) is 32.3 Å². The third-order valence-electron chi connectivity index (χ3n) is 2.51. The number of nitrogens with zero attached hydrogens (tertiary/aromatic N) is 2. The van der Waals surface area contributed by atoms with Crippen LogP contribution in [-0.4, -0.2) is 31.8 Å². The summed E-state index contributed by atoms with van der Waals surface area (Å²) in [6, 6.07) is 4.19. The Kier molecular flexibility index (Phi) is 4.84. The van der Waals surface area contributed by atoms with E-state index in [0.717, 1.165) is 6.20 Å². The molecule has 2 aromatic rings. The van der Waals surface area contributed by atoms with Gasteiger partial charge in [-0.3, -0.25) is 9.52 Å². The predicted molar refractivity (Wildman–Crippen MR) is 81.2 cm³/mol. The molecule has 0 aliphatic rings. The summed E-state index contributed by atoms with van der Waals surface area (Å²) >= 11 is 11.7. The molecular formula is C12H9Cl2N3O4S. The van der Waals surface area contributed by atoms with Gasteiger partial charge in [-0.05, 0) is 12.1 Å². The number of rotatable bonds is 5. The minimum atomic E-state index is -4.06. The van der Waals surface area contributed by atoms with Crippen molar-refractivity contribution in [3.8, 4) is 5.88 Å². The average molecular weight is 362 g/mol. The van der Waals surface area contributed by atoms with E-state index < -0.39 is 10.0 Å². The van der Waals surface area contributed by atoms with Crippen LogP contribution in [0.5, 0.6) is 5.88 Å². The van der Waals surface area contributed by atoms with Gasteiger partial charge in [0.1, 0.15) is 10.6 Å². The lowest BCUT2D eigenvalue weighted by Crippen LogP contribution is -2.16. The standard InChI is InChI=1S/C12H9Cl2N3O4S/c1-21-12-11(15-5-7(6-18)16-12)17-22(19,20)9-4-2-3-8(13)10(9)14/h2-6H,1H3,(H,15,17). The molecule has 0 spiro atoms. The third kappa shape index (κ3) is 3.29. The Hall–Kier alpha value is -1.90. The van der Waals surface area contributed by atoms with Crippen LogP contribution in [0.3, 0.4) is 0 Å². The fourth-order valence-corrected chi connectivity index (χ4v) is 3.30. The van der Waals surface area contributed by atoms with Crippen LogP contribution in [-0.2, 0) is 10.0 Å². The largest absolute Gasteiger partial charge is 0.478 e. The molecular weight excluding hydrogens is 353 g/mol. The van der Waals surface area contributed by atoms with Crippen LogP contribution in [0.4, 0.5) is 5.82 Å². The number of halogens is 2. The summed E-state index contributed by atoms with van der Waals surface area (Å²) in [6.45, 7) is 0. The molecule has 0 amide bonds. The van der Waals surface area contributed by atoms with Crippen LogP contribution < -0.4 is 9.46 Å². The number of methoxy groups -OCH3 is 1. The molecule has 0 radical (unpaired) electrons. The molecule has 1 aromatic carbocycles. The number of carbonyl (C=O) groups excluding carboxylic acids is 1. The molecule has 0 fully saturated rings. The van der Waals surface area contributed by atoms with Crippen molar-refractivity contribution in [2.24, 2.45) is 0 Å². The minimum absolute atomic E-state index is 0.000543. The maximum atomic E-state index is 12.4. The van der Waals surface area contributed by atoms with E-state index in [0.29, 0.717) is 6.29 Å². The van der Waals surface area contributed by atoms with Crippen LogP contribution in [0.1, 0.15) is 10.5 Å². The van der Waals surface area contributed by atoms with Gasteiger partial charge in [0, 0.05) is 0 Å². The Bertz CT molecular complexity index is 827. The Labute approximate surface area is 136 Å². The molecule has 7 nitrogen and oxygen atoms in total. The van der Waals surface area contributed by atoms with Crippen molar-refractivity contribution in [1.29, 1.82) is 0 Å². The first-order valence-corrected chi connectivity index (χ1v) is 7.96. The number of carbonyl (C=O) groups is 1. The smallest absolute Gasteiger partial charge is 0.264 e. The number of nitrogens with one attached hydrogen (secondary N) is 1. The first-order valence-electron chi connectivity index (χ1n) is 5.72. The number of sulfonamides is 1. The second kappa shape index (κ2) is 6.47. The maximum Gasteiger partial charge on any atom is 0.264 e. The van der Waals surface area contributed by atoms with Gasteiger partial charge < -0.3 is 4.74 Å². The van der Waals surface area contributed by atoms with Crippen molar-refractivity contribution < 1.29 is 17.9 Å². The number of hydrogen-bond acceptors (Lipinski definition) is 6. The van der Waals surface area contributed by atoms with Gasteiger partial charge in [0.25, 0.3) is 15.9 Å². The molecule has 0 bridgehead atoms. The molecule has 0 saturated carbocycles. The average Bonchev–Trinajstić information content (AvgIpc) is 2.49. The third-order valence-corrected chi connectivity index (χ3v) is 4.82. The highest BCUT2D eigenvalue weighted by atomic mass is 35.5. The normalized spacial score (nSPS) is 11.0. The number of aromatic nitrogens is 2. The van der Waals surface area contributed by atoms with Gasteiger partial charge >= 0.3 is 0 Å². The Morgan fingerprint density at radius 3 is 2.68 bits per heavy atom. The van der Waals surface area contributed by atoms with Gasteiger partial charge in [-0.25, -0.2) is 18.4 Å². The molecule has 22 heavy (non-hydrogen) atoms. The van der Waals surface area contributed by atoms with Crippen LogP contribution in [0.2, 0.25) is 10.0 Å². The topological polar surface area (TPSA) is 98.2 Å². The molecule has 0 aliphatic heterocycles. The lowest BCUT2D eigenvalue weighted by atomic mass is 10.4. The maximum absolute atomic E-state index is 12.4.